The number of methoxy groups -OCH3 is 1. The van der Waals surface area contributed by atoms with Crippen LogP contribution in [0.25, 0.3) is 0 Å². The molecule has 0 aliphatic carbocycles. The summed E-state index contributed by atoms with van der Waals surface area (Å²) in [4.78, 5) is 12.4. The van der Waals surface area contributed by atoms with Crippen LogP contribution in [0, 0.1) is 13.8 Å². The third-order valence-electron chi connectivity index (χ3n) is 3.78. The first-order valence-electron chi connectivity index (χ1n) is 7.72. The minimum Gasteiger partial charge on any atom is -0.497 e. The van der Waals surface area contributed by atoms with E-state index in [4.69, 9.17) is 9.47 Å². The Morgan fingerprint density at radius 3 is 2.26 bits per heavy atom. The van der Waals surface area contributed by atoms with Crippen LogP contribution in [0.1, 0.15) is 24.5 Å². The molecule has 0 radical (unpaired) electrons. The molecule has 1 N–H and O–H groups in total. The minimum absolute atomic E-state index is 0.147. The standard InChI is InChI=1S/C19H23NO3/c1-5-18(23-17-10-8-16(22-4)9-11-17)19(21)20-15-7-6-13(2)14(3)12-15/h6-12,18H,5H2,1-4H3,(H,20,21). The van der Waals surface area contributed by atoms with Gasteiger partial charge in [0.05, 0.1) is 7.11 Å². The highest BCUT2D eigenvalue weighted by Crippen LogP contribution is 2.20. The van der Waals surface area contributed by atoms with Crippen molar-refractivity contribution in [3.63, 3.8) is 0 Å². The lowest BCUT2D eigenvalue weighted by Gasteiger charge is -2.18. The molecule has 4 nitrogen and oxygen atoms in total. The molecule has 2 rings (SSSR count). The van der Waals surface area contributed by atoms with Crippen LogP contribution in [0.2, 0.25) is 0 Å². The third kappa shape index (κ3) is 4.49. The summed E-state index contributed by atoms with van der Waals surface area (Å²) in [6.07, 6.45) is 0.0490. The Hall–Kier alpha value is -2.49. The first-order valence-corrected chi connectivity index (χ1v) is 7.72. The van der Waals surface area contributed by atoms with E-state index < -0.39 is 6.10 Å². The Morgan fingerprint density at radius 2 is 1.70 bits per heavy atom. The molecule has 122 valence electrons. The molecule has 1 atom stereocenters. The molecule has 0 spiro atoms. The van der Waals surface area contributed by atoms with Crippen molar-refractivity contribution >= 4 is 11.6 Å². The summed E-state index contributed by atoms with van der Waals surface area (Å²) in [5, 5.41) is 2.92. The quantitative estimate of drug-likeness (QED) is 0.873. The van der Waals surface area contributed by atoms with Gasteiger partial charge in [-0.15, -0.1) is 0 Å². The van der Waals surface area contributed by atoms with E-state index in [1.807, 2.05) is 51.1 Å². The van der Waals surface area contributed by atoms with Crippen molar-refractivity contribution in [2.75, 3.05) is 12.4 Å². The number of aryl methyl sites for hydroxylation is 2. The number of hydrogen-bond donors (Lipinski definition) is 1. The van der Waals surface area contributed by atoms with E-state index in [2.05, 4.69) is 5.32 Å². The molecule has 0 bridgehead atoms. The van der Waals surface area contributed by atoms with Gasteiger partial charge in [-0.2, -0.15) is 0 Å². The molecule has 2 aromatic rings. The Balaban J connectivity index is 2.03. The second kappa shape index (κ2) is 7.68. The topological polar surface area (TPSA) is 47.6 Å². The van der Waals surface area contributed by atoms with Crippen LogP contribution < -0.4 is 14.8 Å². The first-order chi connectivity index (χ1) is 11.0. The zero-order valence-corrected chi connectivity index (χ0v) is 14.1. The molecule has 0 saturated carbocycles. The molecule has 2 aromatic carbocycles. The average Bonchev–Trinajstić information content (AvgIpc) is 2.56. The van der Waals surface area contributed by atoms with Crippen LogP contribution in [0.3, 0.4) is 0 Å². The summed E-state index contributed by atoms with van der Waals surface area (Å²) < 4.78 is 10.9. The molecule has 0 heterocycles. The minimum atomic E-state index is -0.537. The van der Waals surface area contributed by atoms with Gasteiger partial charge in [-0.25, -0.2) is 0 Å². The number of hydrogen-bond acceptors (Lipinski definition) is 3. The molecule has 1 unspecified atom stereocenters. The van der Waals surface area contributed by atoms with Crippen LogP contribution in [0.15, 0.2) is 42.5 Å². The number of carbonyl (C=O) groups excluding carboxylic acids is 1. The van der Waals surface area contributed by atoms with Gasteiger partial charge in [-0.05, 0) is 67.8 Å². The number of anilines is 1. The zero-order chi connectivity index (χ0) is 16.8. The highest BCUT2D eigenvalue weighted by atomic mass is 16.5. The summed E-state index contributed by atoms with van der Waals surface area (Å²) in [5.74, 6) is 1.25. The third-order valence-corrected chi connectivity index (χ3v) is 3.78. The van der Waals surface area contributed by atoms with Gasteiger partial charge < -0.3 is 14.8 Å². The molecule has 0 aromatic heterocycles. The number of ether oxygens (including phenoxy) is 2. The van der Waals surface area contributed by atoms with Crippen molar-refractivity contribution < 1.29 is 14.3 Å². The van der Waals surface area contributed by atoms with Gasteiger partial charge in [-0.1, -0.05) is 13.0 Å². The molecule has 1 amide bonds. The lowest BCUT2D eigenvalue weighted by molar-refractivity contribution is -0.122. The SMILES string of the molecule is CCC(Oc1ccc(OC)cc1)C(=O)Nc1ccc(C)c(C)c1. The number of amides is 1. The number of benzene rings is 2. The largest absolute Gasteiger partial charge is 0.497 e. The van der Waals surface area contributed by atoms with Gasteiger partial charge >= 0.3 is 0 Å². The molecule has 0 aliphatic rings. The van der Waals surface area contributed by atoms with Crippen molar-refractivity contribution in [1.29, 1.82) is 0 Å². The van der Waals surface area contributed by atoms with Gasteiger partial charge in [0.15, 0.2) is 6.10 Å². The number of carbonyl (C=O) groups is 1. The van der Waals surface area contributed by atoms with Gasteiger partial charge in [-0.3, -0.25) is 4.79 Å². The van der Waals surface area contributed by atoms with Crippen molar-refractivity contribution in [3.05, 3.63) is 53.6 Å². The van der Waals surface area contributed by atoms with Crippen molar-refractivity contribution in [1.82, 2.24) is 0 Å². The normalized spacial score (nSPS) is 11.7. The molecule has 23 heavy (non-hydrogen) atoms. The van der Waals surface area contributed by atoms with E-state index in [1.54, 1.807) is 19.2 Å². The van der Waals surface area contributed by atoms with Gasteiger partial charge in [0, 0.05) is 5.69 Å². The monoisotopic (exact) mass is 313 g/mol. The van der Waals surface area contributed by atoms with Crippen LogP contribution in [-0.4, -0.2) is 19.1 Å². The second-order valence-electron chi connectivity index (χ2n) is 5.48. The van der Waals surface area contributed by atoms with Crippen molar-refractivity contribution in [3.8, 4) is 11.5 Å². The summed E-state index contributed by atoms with van der Waals surface area (Å²) >= 11 is 0. The fourth-order valence-corrected chi connectivity index (χ4v) is 2.18. The summed E-state index contributed by atoms with van der Waals surface area (Å²) in [6.45, 7) is 5.99. The molecule has 0 aliphatic heterocycles. The van der Waals surface area contributed by atoms with E-state index in [-0.39, 0.29) is 5.91 Å². The van der Waals surface area contributed by atoms with Gasteiger partial charge in [0.25, 0.3) is 5.91 Å². The second-order valence-corrected chi connectivity index (χ2v) is 5.48. The van der Waals surface area contributed by atoms with E-state index >= 15 is 0 Å². The average molecular weight is 313 g/mol. The van der Waals surface area contributed by atoms with E-state index in [1.165, 1.54) is 5.56 Å². The lowest BCUT2D eigenvalue weighted by Crippen LogP contribution is -2.32. The fourth-order valence-electron chi connectivity index (χ4n) is 2.18. The van der Waals surface area contributed by atoms with E-state index in [0.29, 0.717) is 12.2 Å². The maximum absolute atomic E-state index is 12.4. The Kier molecular flexibility index (Phi) is 5.63. The van der Waals surface area contributed by atoms with Crippen LogP contribution >= 0.6 is 0 Å². The van der Waals surface area contributed by atoms with Crippen molar-refractivity contribution in [2.45, 2.75) is 33.3 Å². The molecule has 0 fully saturated rings. The Morgan fingerprint density at radius 1 is 1.04 bits per heavy atom. The lowest BCUT2D eigenvalue weighted by atomic mass is 10.1. The molecule has 4 heteroatoms. The Labute approximate surface area is 137 Å². The summed E-state index contributed by atoms with van der Waals surface area (Å²) in [5.41, 5.74) is 3.13. The summed E-state index contributed by atoms with van der Waals surface area (Å²) in [6, 6.07) is 13.1. The molecule has 0 saturated heterocycles. The van der Waals surface area contributed by atoms with Crippen LogP contribution in [-0.2, 0) is 4.79 Å². The summed E-state index contributed by atoms with van der Waals surface area (Å²) in [7, 11) is 1.61. The van der Waals surface area contributed by atoms with Gasteiger partial charge in [0.1, 0.15) is 11.5 Å². The predicted octanol–water partition coefficient (Wildman–Crippen LogP) is 4.11. The van der Waals surface area contributed by atoms with Crippen molar-refractivity contribution in [2.24, 2.45) is 0 Å². The first kappa shape index (κ1) is 16.9. The Bertz CT molecular complexity index is 665. The van der Waals surface area contributed by atoms with E-state index in [9.17, 15) is 4.79 Å². The highest BCUT2D eigenvalue weighted by molar-refractivity contribution is 5.94. The fraction of sp³-hybridized carbons (Fsp3) is 0.316. The highest BCUT2D eigenvalue weighted by Gasteiger charge is 2.18. The smallest absolute Gasteiger partial charge is 0.265 e. The molecular weight excluding hydrogens is 290 g/mol. The number of nitrogens with one attached hydrogen (secondary N) is 1. The zero-order valence-electron chi connectivity index (χ0n) is 14.1. The predicted molar refractivity (Wildman–Crippen MR) is 92.2 cm³/mol. The van der Waals surface area contributed by atoms with Gasteiger partial charge in [0.2, 0.25) is 0 Å². The van der Waals surface area contributed by atoms with Crippen LogP contribution in [0.5, 0.6) is 11.5 Å². The van der Waals surface area contributed by atoms with Crippen LogP contribution in [0.4, 0.5) is 5.69 Å². The molecular formula is C19H23NO3. The van der Waals surface area contributed by atoms with E-state index in [0.717, 1.165) is 17.0 Å². The maximum atomic E-state index is 12.4. The number of rotatable bonds is 6. The maximum Gasteiger partial charge on any atom is 0.265 e.